The number of nitrogens with zero attached hydrogens (tertiary/aromatic N) is 1. The fourth-order valence-corrected chi connectivity index (χ4v) is 2.21. The molecule has 0 aliphatic carbocycles. The van der Waals surface area contributed by atoms with E-state index in [-0.39, 0.29) is 11.7 Å². The highest BCUT2D eigenvalue weighted by atomic mass is 16.5. The maximum Gasteiger partial charge on any atom is 0.263 e. The highest BCUT2D eigenvalue weighted by Crippen LogP contribution is 2.13. The van der Waals surface area contributed by atoms with Crippen LogP contribution in [-0.4, -0.2) is 10.8 Å². The Labute approximate surface area is 134 Å². The second kappa shape index (κ2) is 7.40. The van der Waals surface area contributed by atoms with Crippen LogP contribution in [0.15, 0.2) is 71.5 Å². The topological polar surface area (TPSA) is 52.3 Å². The van der Waals surface area contributed by atoms with Crippen molar-refractivity contribution in [3.05, 3.63) is 84.1 Å². The molecule has 2 aromatic carbocycles. The highest BCUT2D eigenvalue weighted by molar-refractivity contribution is 5.91. The van der Waals surface area contributed by atoms with Gasteiger partial charge < -0.3 is 9.15 Å². The van der Waals surface area contributed by atoms with E-state index in [9.17, 15) is 4.79 Å². The third-order valence-corrected chi connectivity index (χ3v) is 3.48. The summed E-state index contributed by atoms with van der Waals surface area (Å²) in [4.78, 5) is 15.7. The zero-order valence-electron chi connectivity index (χ0n) is 12.6. The van der Waals surface area contributed by atoms with Crippen LogP contribution in [0.5, 0.6) is 5.75 Å². The van der Waals surface area contributed by atoms with Gasteiger partial charge in [-0.2, -0.15) is 0 Å². The minimum absolute atomic E-state index is 0.0773. The van der Waals surface area contributed by atoms with E-state index < -0.39 is 0 Å². The summed E-state index contributed by atoms with van der Waals surface area (Å²) in [6.07, 6.45) is 3.95. The number of carbonyl (C=O) groups excluding carboxylic acids is 1. The van der Waals surface area contributed by atoms with Crippen LogP contribution < -0.4 is 4.74 Å². The molecular formula is C19H17NO3. The van der Waals surface area contributed by atoms with Crippen molar-refractivity contribution < 1.29 is 13.9 Å². The van der Waals surface area contributed by atoms with Gasteiger partial charge in [-0.05, 0) is 29.7 Å². The lowest BCUT2D eigenvalue weighted by molar-refractivity contribution is 0.0949. The molecular weight excluding hydrogens is 290 g/mol. The number of hydrogen-bond acceptors (Lipinski definition) is 4. The number of Topliss-reactive ketones (excluding diaryl/α,β-unsaturated/α-hetero) is 1. The van der Waals surface area contributed by atoms with E-state index in [2.05, 4.69) is 4.98 Å². The molecule has 4 heteroatoms. The van der Waals surface area contributed by atoms with E-state index in [4.69, 9.17) is 9.15 Å². The van der Waals surface area contributed by atoms with Gasteiger partial charge in [0.1, 0.15) is 18.6 Å². The van der Waals surface area contributed by atoms with Gasteiger partial charge in [0.2, 0.25) is 5.78 Å². The molecule has 0 spiro atoms. The van der Waals surface area contributed by atoms with E-state index in [0.29, 0.717) is 19.4 Å². The first-order valence-corrected chi connectivity index (χ1v) is 7.49. The number of para-hydroxylation sites is 1. The van der Waals surface area contributed by atoms with Gasteiger partial charge in [-0.25, -0.2) is 4.98 Å². The molecule has 0 saturated carbocycles. The van der Waals surface area contributed by atoms with Crippen LogP contribution in [-0.2, 0) is 13.0 Å². The first-order valence-electron chi connectivity index (χ1n) is 7.49. The van der Waals surface area contributed by atoms with Gasteiger partial charge in [0.05, 0.1) is 6.20 Å². The van der Waals surface area contributed by atoms with Crippen molar-refractivity contribution in [2.75, 3.05) is 0 Å². The summed E-state index contributed by atoms with van der Waals surface area (Å²) < 4.78 is 10.7. The Bertz CT molecular complexity index is 734. The minimum atomic E-state index is -0.0773. The van der Waals surface area contributed by atoms with Crippen LogP contribution in [0.1, 0.15) is 28.2 Å². The number of carbonyl (C=O) groups is 1. The number of aryl methyl sites for hydroxylation is 1. The predicted octanol–water partition coefficient (Wildman–Crippen LogP) is 4.07. The number of ether oxygens (including phenoxy) is 1. The van der Waals surface area contributed by atoms with E-state index in [1.54, 1.807) is 0 Å². The Hall–Kier alpha value is -2.88. The number of hydrogen-bond donors (Lipinski definition) is 0. The number of benzene rings is 2. The molecule has 116 valence electrons. The molecule has 0 bridgehead atoms. The Morgan fingerprint density at radius 1 is 1.00 bits per heavy atom. The molecule has 0 aliphatic heterocycles. The Morgan fingerprint density at radius 2 is 1.74 bits per heavy atom. The van der Waals surface area contributed by atoms with Crippen LogP contribution in [0.3, 0.4) is 0 Å². The van der Waals surface area contributed by atoms with Crippen molar-refractivity contribution in [3.8, 4) is 5.75 Å². The summed E-state index contributed by atoms with van der Waals surface area (Å²) in [6, 6.07) is 17.8. The number of oxazole rings is 1. The molecule has 0 fully saturated rings. The monoisotopic (exact) mass is 307 g/mol. The lowest BCUT2D eigenvalue weighted by Crippen LogP contribution is -2.01. The Kier molecular flexibility index (Phi) is 4.84. The Balaban J connectivity index is 1.50. The van der Waals surface area contributed by atoms with Crippen molar-refractivity contribution in [2.45, 2.75) is 19.4 Å². The average Bonchev–Trinajstić information content (AvgIpc) is 3.14. The van der Waals surface area contributed by atoms with Gasteiger partial charge in [0, 0.05) is 6.42 Å². The van der Waals surface area contributed by atoms with E-state index >= 15 is 0 Å². The molecule has 1 heterocycles. The van der Waals surface area contributed by atoms with E-state index in [1.165, 1.54) is 12.5 Å². The van der Waals surface area contributed by atoms with Crippen LogP contribution in [0.25, 0.3) is 0 Å². The van der Waals surface area contributed by atoms with Crippen molar-refractivity contribution >= 4 is 5.78 Å². The lowest BCUT2D eigenvalue weighted by atomic mass is 10.1. The molecule has 3 aromatic rings. The van der Waals surface area contributed by atoms with Gasteiger partial charge in [-0.1, -0.05) is 42.5 Å². The van der Waals surface area contributed by atoms with Gasteiger partial charge in [-0.15, -0.1) is 0 Å². The normalized spacial score (nSPS) is 10.4. The number of aromatic nitrogens is 1. The Morgan fingerprint density at radius 3 is 2.43 bits per heavy atom. The standard InChI is InChI=1S/C19H17NO3/c21-18(19-20-12-13-22-19)11-10-15-6-8-16(9-7-15)14-23-17-4-2-1-3-5-17/h1-9,12-13H,10-11,14H2. The van der Waals surface area contributed by atoms with Gasteiger partial charge >= 0.3 is 0 Å². The number of rotatable bonds is 7. The zero-order chi connectivity index (χ0) is 15.9. The lowest BCUT2D eigenvalue weighted by Gasteiger charge is -2.07. The van der Waals surface area contributed by atoms with Gasteiger partial charge in [0.15, 0.2) is 0 Å². The molecule has 0 unspecified atom stereocenters. The SMILES string of the molecule is O=C(CCc1ccc(COc2ccccc2)cc1)c1ncco1. The predicted molar refractivity (Wildman–Crippen MR) is 86.4 cm³/mol. The summed E-state index contributed by atoms with van der Waals surface area (Å²) in [7, 11) is 0. The quantitative estimate of drug-likeness (QED) is 0.617. The second-order valence-electron chi connectivity index (χ2n) is 5.18. The first-order chi connectivity index (χ1) is 11.3. The minimum Gasteiger partial charge on any atom is -0.489 e. The molecule has 0 aliphatic rings. The largest absolute Gasteiger partial charge is 0.489 e. The third-order valence-electron chi connectivity index (χ3n) is 3.48. The molecule has 3 rings (SSSR count). The van der Waals surface area contributed by atoms with Crippen LogP contribution >= 0.6 is 0 Å². The fraction of sp³-hybridized carbons (Fsp3) is 0.158. The molecule has 0 amide bonds. The van der Waals surface area contributed by atoms with Crippen molar-refractivity contribution in [1.29, 1.82) is 0 Å². The zero-order valence-corrected chi connectivity index (χ0v) is 12.6. The van der Waals surface area contributed by atoms with Crippen molar-refractivity contribution in [1.82, 2.24) is 4.98 Å². The van der Waals surface area contributed by atoms with E-state index in [0.717, 1.165) is 16.9 Å². The maximum atomic E-state index is 11.8. The summed E-state index contributed by atoms with van der Waals surface area (Å²) in [5.74, 6) is 0.956. The average molecular weight is 307 g/mol. The van der Waals surface area contributed by atoms with Gasteiger partial charge in [-0.3, -0.25) is 4.79 Å². The summed E-state index contributed by atoms with van der Waals surface area (Å²) in [6.45, 7) is 0.527. The molecule has 1 aromatic heterocycles. The van der Waals surface area contributed by atoms with E-state index in [1.807, 2.05) is 54.6 Å². The molecule has 23 heavy (non-hydrogen) atoms. The first kappa shape index (κ1) is 15.0. The summed E-state index contributed by atoms with van der Waals surface area (Å²) >= 11 is 0. The van der Waals surface area contributed by atoms with Crippen LogP contribution in [0.2, 0.25) is 0 Å². The molecule has 0 radical (unpaired) electrons. The number of ketones is 1. The maximum absolute atomic E-state index is 11.8. The molecule has 4 nitrogen and oxygen atoms in total. The smallest absolute Gasteiger partial charge is 0.263 e. The molecule has 0 atom stereocenters. The van der Waals surface area contributed by atoms with Gasteiger partial charge in [0.25, 0.3) is 5.89 Å². The van der Waals surface area contributed by atoms with Crippen LogP contribution in [0, 0.1) is 0 Å². The second-order valence-corrected chi connectivity index (χ2v) is 5.18. The summed E-state index contributed by atoms with van der Waals surface area (Å²) in [5, 5.41) is 0. The summed E-state index contributed by atoms with van der Waals surface area (Å²) in [5.41, 5.74) is 2.20. The van der Waals surface area contributed by atoms with Crippen molar-refractivity contribution in [2.24, 2.45) is 0 Å². The van der Waals surface area contributed by atoms with Crippen LogP contribution in [0.4, 0.5) is 0 Å². The van der Waals surface area contributed by atoms with Crippen molar-refractivity contribution in [3.63, 3.8) is 0 Å². The molecule has 0 N–H and O–H groups in total. The third kappa shape index (κ3) is 4.30. The molecule has 0 saturated heterocycles. The fourth-order valence-electron chi connectivity index (χ4n) is 2.21. The highest BCUT2D eigenvalue weighted by Gasteiger charge is 2.10.